The highest BCUT2D eigenvalue weighted by molar-refractivity contribution is 5.28. The quantitative estimate of drug-likeness (QED) is 0.701. The number of ether oxygens (including phenoxy) is 2. The Balaban J connectivity index is 1.61. The molecule has 0 bridgehead atoms. The molecule has 1 aliphatic carbocycles. The average Bonchev–Trinajstić information content (AvgIpc) is 2.63. The molecule has 23 heavy (non-hydrogen) atoms. The summed E-state index contributed by atoms with van der Waals surface area (Å²) in [5.74, 6) is 1.64. The second-order valence-electron chi connectivity index (χ2n) is 7.29. The zero-order chi connectivity index (χ0) is 16.1. The summed E-state index contributed by atoms with van der Waals surface area (Å²) in [7, 11) is 0. The molecule has 1 heterocycles. The standard InChI is InChI=1S/C21H32O2/c1-3-7-19-14-23-21(15-22-19)18-12-10-17(11-13-18)20-9-6-5-8-16(20)4-2/h10-13,16,19-21H,3-9,14-15H2,1-2H3/t16-,19+,20-,21+/m1/s1. The van der Waals surface area contributed by atoms with Crippen LogP contribution in [0.15, 0.2) is 24.3 Å². The summed E-state index contributed by atoms with van der Waals surface area (Å²) >= 11 is 0. The second-order valence-corrected chi connectivity index (χ2v) is 7.29. The summed E-state index contributed by atoms with van der Waals surface area (Å²) in [5.41, 5.74) is 2.80. The lowest BCUT2D eigenvalue weighted by molar-refractivity contribution is -0.137. The molecule has 0 radical (unpaired) electrons. The van der Waals surface area contributed by atoms with E-state index >= 15 is 0 Å². The minimum Gasteiger partial charge on any atom is -0.373 e. The largest absolute Gasteiger partial charge is 0.373 e. The van der Waals surface area contributed by atoms with Gasteiger partial charge in [-0.2, -0.15) is 0 Å². The van der Waals surface area contributed by atoms with Crippen molar-refractivity contribution in [1.82, 2.24) is 0 Å². The maximum Gasteiger partial charge on any atom is 0.106 e. The van der Waals surface area contributed by atoms with Crippen molar-refractivity contribution in [2.75, 3.05) is 13.2 Å². The highest BCUT2D eigenvalue weighted by Crippen LogP contribution is 2.39. The molecule has 0 N–H and O–H groups in total. The predicted molar refractivity (Wildman–Crippen MR) is 94.8 cm³/mol. The Morgan fingerprint density at radius 2 is 1.65 bits per heavy atom. The molecule has 1 aliphatic heterocycles. The predicted octanol–water partition coefficient (Wildman–Crippen LogP) is 5.63. The first kappa shape index (κ1) is 17.0. The molecule has 1 aromatic rings. The van der Waals surface area contributed by atoms with E-state index in [1.165, 1.54) is 43.2 Å². The summed E-state index contributed by atoms with van der Waals surface area (Å²) in [5, 5.41) is 0. The van der Waals surface area contributed by atoms with Crippen LogP contribution in [0.25, 0.3) is 0 Å². The Morgan fingerprint density at radius 1 is 0.913 bits per heavy atom. The molecule has 3 rings (SSSR count). The molecular formula is C21H32O2. The van der Waals surface area contributed by atoms with Gasteiger partial charge in [0.2, 0.25) is 0 Å². The molecule has 0 unspecified atom stereocenters. The van der Waals surface area contributed by atoms with Gasteiger partial charge in [0.05, 0.1) is 19.3 Å². The van der Waals surface area contributed by atoms with Crippen molar-refractivity contribution in [3.05, 3.63) is 35.4 Å². The molecule has 128 valence electrons. The number of benzene rings is 1. The van der Waals surface area contributed by atoms with E-state index < -0.39 is 0 Å². The van der Waals surface area contributed by atoms with Crippen LogP contribution in [0, 0.1) is 5.92 Å². The third-order valence-corrected chi connectivity index (χ3v) is 5.75. The maximum absolute atomic E-state index is 6.03. The van der Waals surface area contributed by atoms with Gasteiger partial charge in [-0.05, 0) is 42.2 Å². The van der Waals surface area contributed by atoms with Crippen LogP contribution in [0.1, 0.15) is 81.9 Å². The van der Waals surface area contributed by atoms with Gasteiger partial charge < -0.3 is 9.47 Å². The van der Waals surface area contributed by atoms with E-state index in [2.05, 4.69) is 38.1 Å². The Kier molecular flexibility index (Phi) is 6.13. The van der Waals surface area contributed by atoms with Crippen molar-refractivity contribution in [1.29, 1.82) is 0 Å². The van der Waals surface area contributed by atoms with Gasteiger partial charge in [-0.15, -0.1) is 0 Å². The Hall–Kier alpha value is -0.860. The summed E-state index contributed by atoms with van der Waals surface area (Å²) < 4.78 is 12.0. The van der Waals surface area contributed by atoms with Gasteiger partial charge in [-0.3, -0.25) is 0 Å². The zero-order valence-electron chi connectivity index (χ0n) is 14.8. The van der Waals surface area contributed by atoms with E-state index in [1.807, 2.05) is 0 Å². The number of hydrogen-bond acceptors (Lipinski definition) is 2. The van der Waals surface area contributed by atoms with E-state index in [9.17, 15) is 0 Å². The lowest BCUT2D eigenvalue weighted by Crippen LogP contribution is -2.30. The van der Waals surface area contributed by atoms with Crippen molar-refractivity contribution < 1.29 is 9.47 Å². The Labute approximate surface area is 141 Å². The fraction of sp³-hybridized carbons (Fsp3) is 0.714. The fourth-order valence-electron chi connectivity index (χ4n) is 4.32. The van der Waals surface area contributed by atoms with E-state index in [4.69, 9.17) is 9.47 Å². The van der Waals surface area contributed by atoms with Crippen molar-refractivity contribution in [2.24, 2.45) is 5.92 Å². The zero-order valence-corrected chi connectivity index (χ0v) is 14.8. The molecule has 2 fully saturated rings. The van der Waals surface area contributed by atoms with Gasteiger partial charge in [0.25, 0.3) is 0 Å². The van der Waals surface area contributed by atoms with E-state index in [-0.39, 0.29) is 6.10 Å². The summed E-state index contributed by atoms with van der Waals surface area (Å²) in [4.78, 5) is 0. The molecule has 0 spiro atoms. The minimum absolute atomic E-state index is 0.116. The van der Waals surface area contributed by atoms with Crippen LogP contribution in [0.4, 0.5) is 0 Å². The molecule has 1 saturated carbocycles. The normalized spacial score (nSPS) is 31.9. The summed E-state index contributed by atoms with van der Waals surface area (Å²) in [6.45, 7) is 5.98. The van der Waals surface area contributed by atoms with Crippen LogP contribution in [-0.2, 0) is 9.47 Å². The lowest BCUT2D eigenvalue weighted by atomic mass is 9.74. The highest BCUT2D eigenvalue weighted by Gasteiger charge is 2.26. The van der Waals surface area contributed by atoms with Crippen LogP contribution in [0.3, 0.4) is 0 Å². The Bertz CT molecular complexity index is 459. The SMILES string of the molecule is CCC[C@H]1CO[C@H](c2ccc([C@@H]3CCCC[C@H]3CC)cc2)CO1. The van der Waals surface area contributed by atoms with Gasteiger partial charge in [-0.25, -0.2) is 0 Å². The van der Waals surface area contributed by atoms with Gasteiger partial charge in [0.1, 0.15) is 6.10 Å². The van der Waals surface area contributed by atoms with Gasteiger partial charge >= 0.3 is 0 Å². The smallest absolute Gasteiger partial charge is 0.106 e. The lowest BCUT2D eigenvalue weighted by Gasteiger charge is -2.32. The van der Waals surface area contributed by atoms with E-state index in [1.54, 1.807) is 0 Å². The monoisotopic (exact) mass is 316 g/mol. The molecule has 0 aromatic heterocycles. The van der Waals surface area contributed by atoms with Crippen LogP contribution in [0.2, 0.25) is 0 Å². The Morgan fingerprint density at radius 3 is 2.30 bits per heavy atom. The maximum atomic E-state index is 6.03. The van der Waals surface area contributed by atoms with Crippen molar-refractivity contribution in [2.45, 2.75) is 76.9 Å². The molecule has 4 atom stereocenters. The van der Waals surface area contributed by atoms with Gasteiger partial charge in [0, 0.05) is 0 Å². The number of rotatable bonds is 5. The van der Waals surface area contributed by atoms with Crippen LogP contribution >= 0.6 is 0 Å². The van der Waals surface area contributed by atoms with Gasteiger partial charge in [0.15, 0.2) is 0 Å². The van der Waals surface area contributed by atoms with E-state index in [0.29, 0.717) is 12.7 Å². The third kappa shape index (κ3) is 4.16. The molecule has 0 amide bonds. The second kappa shape index (κ2) is 8.30. The summed E-state index contributed by atoms with van der Waals surface area (Å²) in [6, 6.07) is 9.22. The topological polar surface area (TPSA) is 18.5 Å². The first-order chi connectivity index (χ1) is 11.3. The molecule has 1 saturated heterocycles. The van der Waals surface area contributed by atoms with E-state index in [0.717, 1.165) is 31.3 Å². The first-order valence-corrected chi connectivity index (χ1v) is 9.64. The van der Waals surface area contributed by atoms with Crippen LogP contribution in [-0.4, -0.2) is 19.3 Å². The summed E-state index contributed by atoms with van der Waals surface area (Å²) in [6.07, 6.45) is 9.55. The fourth-order valence-corrected chi connectivity index (χ4v) is 4.32. The molecule has 2 nitrogen and oxygen atoms in total. The van der Waals surface area contributed by atoms with Crippen molar-refractivity contribution >= 4 is 0 Å². The molecule has 2 heteroatoms. The first-order valence-electron chi connectivity index (χ1n) is 9.64. The van der Waals surface area contributed by atoms with Crippen molar-refractivity contribution in [3.63, 3.8) is 0 Å². The number of hydrogen-bond donors (Lipinski definition) is 0. The molecule has 1 aromatic carbocycles. The van der Waals surface area contributed by atoms with Gasteiger partial charge in [-0.1, -0.05) is 63.8 Å². The minimum atomic E-state index is 0.116. The third-order valence-electron chi connectivity index (χ3n) is 5.75. The molecular weight excluding hydrogens is 284 g/mol. The van der Waals surface area contributed by atoms with Crippen molar-refractivity contribution in [3.8, 4) is 0 Å². The average molecular weight is 316 g/mol. The highest BCUT2D eigenvalue weighted by atomic mass is 16.6. The van der Waals surface area contributed by atoms with Crippen LogP contribution in [0.5, 0.6) is 0 Å². The van der Waals surface area contributed by atoms with Crippen LogP contribution < -0.4 is 0 Å². The molecule has 2 aliphatic rings.